The lowest BCUT2D eigenvalue weighted by Crippen LogP contribution is -2.48. The van der Waals surface area contributed by atoms with E-state index >= 15 is 0 Å². The van der Waals surface area contributed by atoms with E-state index in [9.17, 15) is 18.0 Å². The lowest BCUT2D eigenvalue weighted by molar-refractivity contribution is -0.126. The monoisotopic (exact) mass is 416 g/mol. The second-order valence-electron chi connectivity index (χ2n) is 7.13. The van der Waals surface area contributed by atoms with Crippen molar-refractivity contribution in [1.82, 2.24) is 20.1 Å². The predicted octanol–water partition coefficient (Wildman–Crippen LogP) is 1.56. The van der Waals surface area contributed by atoms with Gasteiger partial charge in [0.2, 0.25) is 15.9 Å². The quantitative estimate of drug-likeness (QED) is 0.736. The van der Waals surface area contributed by atoms with Crippen LogP contribution in [0.15, 0.2) is 47.6 Å². The summed E-state index contributed by atoms with van der Waals surface area (Å²) < 4.78 is 26.6. The number of aryl methyl sites for hydroxylation is 2. The van der Waals surface area contributed by atoms with Crippen LogP contribution in [0.3, 0.4) is 0 Å². The van der Waals surface area contributed by atoms with Gasteiger partial charge in [0.05, 0.1) is 0 Å². The van der Waals surface area contributed by atoms with Crippen LogP contribution >= 0.6 is 0 Å². The Labute approximate surface area is 170 Å². The van der Waals surface area contributed by atoms with E-state index in [-0.39, 0.29) is 35.7 Å². The van der Waals surface area contributed by atoms with Crippen molar-refractivity contribution in [2.75, 3.05) is 13.1 Å². The molecule has 2 heterocycles. The molecule has 29 heavy (non-hydrogen) atoms. The maximum atomic E-state index is 12.6. The molecule has 1 aliphatic heterocycles. The lowest BCUT2D eigenvalue weighted by atomic mass is 9.97. The van der Waals surface area contributed by atoms with Crippen LogP contribution in [0.2, 0.25) is 0 Å². The van der Waals surface area contributed by atoms with Crippen molar-refractivity contribution < 1.29 is 18.0 Å². The zero-order valence-corrected chi connectivity index (χ0v) is 17.2. The Hall–Kier alpha value is -2.78. The number of benzene rings is 1. The highest BCUT2D eigenvalue weighted by atomic mass is 32.2. The highest BCUT2D eigenvalue weighted by Gasteiger charge is 2.32. The van der Waals surface area contributed by atoms with Gasteiger partial charge in [0.1, 0.15) is 4.90 Å². The van der Waals surface area contributed by atoms with E-state index in [1.807, 2.05) is 26.0 Å². The van der Waals surface area contributed by atoms with Crippen molar-refractivity contribution in [1.29, 1.82) is 0 Å². The van der Waals surface area contributed by atoms with Crippen LogP contribution in [0, 0.1) is 19.8 Å². The summed E-state index contributed by atoms with van der Waals surface area (Å²) in [7, 11) is -3.61. The number of hydrogen-bond donors (Lipinski definition) is 2. The number of carbonyl (C=O) groups excluding carboxylic acids is 2. The third-order valence-electron chi connectivity index (χ3n) is 5.02. The molecule has 9 heteroatoms. The van der Waals surface area contributed by atoms with Crippen LogP contribution in [0.1, 0.15) is 34.3 Å². The molecule has 1 aromatic heterocycles. The van der Waals surface area contributed by atoms with Crippen molar-refractivity contribution in [3.8, 4) is 0 Å². The fraction of sp³-hybridized carbons (Fsp3) is 0.350. The largest absolute Gasteiger partial charge is 0.273 e. The molecule has 1 fully saturated rings. The standard InChI is InChI=1S/C20H24N4O4S/c1-14-5-6-18(15(2)12-14)20(26)23-22-19(25)16-7-10-24(11-8-16)29(27,28)17-4-3-9-21-13-17/h3-6,9,12-13,16H,7-8,10-11H2,1-2H3,(H,22,25)(H,23,26). The summed E-state index contributed by atoms with van der Waals surface area (Å²) in [5.41, 5.74) is 7.28. The molecule has 0 aliphatic carbocycles. The number of carbonyl (C=O) groups is 2. The number of nitrogens with zero attached hydrogens (tertiary/aromatic N) is 2. The Morgan fingerprint density at radius 1 is 1.10 bits per heavy atom. The Kier molecular flexibility index (Phi) is 6.29. The Balaban J connectivity index is 1.53. The number of nitrogens with one attached hydrogen (secondary N) is 2. The first-order valence-electron chi connectivity index (χ1n) is 9.36. The smallest absolute Gasteiger partial charge is 0.269 e. The molecule has 154 valence electrons. The van der Waals surface area contributed by atoms with Crippen LogP contribution in [-0.4, -0.2) is 42.6 Å². The minimum atomic E-state index is -3.61. The van der Waals surface area contributed by atoms with Crippen molar-refractivity contribution in [3.63, 3.8) is 0 Å². The fourth-order valence-corrected chi connectivity index (χ4v) is 4.80. The number of hydrazine groups is 1. The lowest BCUT2D eigenvalue weighted by Gasteiger charge is -2.30. The topological polar surface area (TPSA) is 108 Å². The maximum absolute atomic E-state index is 12.6. The van der Waals surface area contributed by atoms with Gasteiger partial charge in [-0.3, -0.25) is 25.4 Å². The normalized spacial score (nSPS) is 15.7. The summed E-state index contributed by atoms with van der Waals surface area (Å²) in [5, 5.41) is 0. The number of rotatable bonds is 4. The van der Waals surface area contributed by atoms with Crippen molar-refractivity contribution in [2.45, 2.75) is 31.6 Å². The second kappa shape index (κ2) is 8.71. The van der Waals surface area contributed by atoms with Gasteiger partial charge < -0.3 is 0 Å². The fourth-order valence-electron chi connectivity index (χ4n) is 3.36. The van der Waals surface area contributed by atoms with Gasteiger partial charge in [-0.1, -0.05) is 17.7 Å². The van der Waals surface area contributed by atoms with Gasteiger partial charge in [-0.05, 0) is 50.5 Å². The van der Waals surface area contributed by atoms with Gasteiger partial charge in [-0.15, -0.1) is 0 Å². The highest BCUT2D eigenvalue weighted by Crippen LogP contribution is 2.23. The zero-order valence-electron chi connectivity index (χ0n) is 16.4. The van der Waals surface area contributed by atoms with Crippen LogP contribution in [0.25, 0.3) is 0 Å². The van der Waals surface area contributed by atoms with Gasteiger partial charge in [0.15, 0.2) is 0 Å². The van der Waals surface area contributed by atoms with Crippen LogP contribution < -0.4 is 10.9 Å². The SMILES string of the molecule is Cc1ccc(C(=O)NNC(=O)C2CCN(S(=O)(=O)c3cccnc3)CC2)c(C)c1. The van der Waals surface area contributed by atoms with E-state index in [0.717, 1.165) is 11.1 Å². The molecule has 2 aromatic rings. The number of amides is 2. The van der Waals surface area contributed by atoms with E-state index in [1.165, 1.54) is 22.8 Å². The molecule has 2 N–H and O–H groups in total. The van der Waals surface area contributed by atoms with E-state index in [4.69, 9.17) is 0 Å². The van der Waals surface area contributed by atoms with Crippen LogP contribution in [0.4, 0.5) is 0 Å². The van der Waals surface area contributed by atoms with Crippen LogP contribution in [-0.2, 0) is 14.8 Å². The van der Waals surface area contributed by atoms with E-state index in [2.05, 4.69) is 15.8 Å². The molecule has 0 atom stereocenters. The summed E-state index contributed by atoms with van der Waals surface area (Å²) in [6.45, 7) is 4.25. The van der Waals surface area contributed by atoms with E-state index < -0.39 is 10.0 Å². The molecular formula is C20H24N4O4S. The second-order valence-corrected chi connectivity index (χ2v) is 9.07. The first-order valence-corrected chi connectivity index (χ1v) is 10.8. The Bertz CT molecular complexity index is 1000. The van der Waals surface area contributed by atoms with Gasteiger partial charge >= 0.3 is 0 Å². The van der Waals surface area contributed by atoms with Crippen LogP contribution in [0.5, 0.6) is 0 Å². The third kappa shape index (κ3) is 4.80. The number of piperidine rings is 1. The molecular weight excluding hydrogens is 392 g/mol. The first-order chi connectivity index (χ1) is 13.8. The Morgan fingerprint density at radius 3 is 2.45 bits per heavy atom. The summed E-state index contributed by atoms with van der Waals surface area (Å²) in [5.74, 6) is -1.07. The molecule has 0 saturated carbocycles. The molecule has 1 aliphatic rings. The average molecular weight is 417 g/mol. The number of pyridine rings is 1. The molecule has 0 spiro atoms. The Morgan fingerprint density at radius 2 is 1.83 bits per heavy atom. The zero-order chi connectivity index (χ0) is 21.0. The molecule has 0 unspecified atom stereocenters. The molecule has 8 nitrogen and oxygen atoms in total. The molecule has 1 aromatic carbocycles. The summed E-state index contributed by atoms with van der Waals surface area (Å²) >= 11 is 0. The highest BCUT2D eigenvalue weighted by molar-refractivity contribution is 7.89. The van der Waals surface area contributed by atoms with Crippen molar-refractivity contribution in [3.05, 3.63) is 59.4 Å². The summed E-state index contributed by atoms with van der Waals surface area (Å²) in [6, 6.07) is 8.53. The molecule has 2 amide bonds. The van der Waals surface area contributed by atoms with Gasteiger partial charge in [0.25, 0.3) is 5.91 Å². The molecule has 0 radical (unpaired) electrons. The predicted molar refractivity (Wildman–Crippen MR) is 107 cm³/mol. The van der Waals surface area contributed by atoms with Crippen molar-refractivity contribution >= 4 is 21.8 Å². The molecule has 1 saturated heterocycles. The number of hydrogen-bond acceptors (Lipinski definition) is 5. The molecule has 0 bridgehead atoms. The minimum absolute atomic E-state index is 0.142. The van der Waals surface area contributed by atoms with E-state index in [0.29, 0.717) is 18.4 Å². The third-order valence-corrected chi connectivity index (χ3v) is 6.90. The van der Waals surface area contributed by atoms with Gasteiger partial charge in [-0.25, -0.2) is 8.42 Å². The number of aromatic nitrogens is 1. The van der Waals surface area contributed by atoms with Crippen molar-refractivity contribution in [2.24, 2.45) is 5.92 Å². The summed E-state index contributed by atoms with van der Waals surface area (Å²) in [6.07, 6.45) is 3.59. The van der Waals surface area contributed by atoms with E-state index in [1.54, 1.807) is 12.1 Å². The molecule has 3 rings (SSSR count). The minimum Gasteiger partial charge on any atom is -0.273 e. The summed E-state index contributed by atoms with van der Waals surface area (Å²) in [4.78, 5) is 28.7. The van der Waals surface area contributed by atoms with Gasteiger partial charge in [0, 0.05) is 37.0 Å². The average Bonchev–Trinajstić information content (AvgIpc) is 2.72. The number of sulfonamides is 1. The maximum Gasteiger partial charge on any atom is 0.269 e. The first kappa shape index (κ1) is 20.9. The van der Waals surface area contributed by atoms with Gasteiger partial charge in [-0.2, -0.15) is 4.31 Å².